The summed E-state index contributed by atoms with van der Waals surface area (Å²) in [7, 11) is 1.65. The number of anilines is 1. The molecule has 2 amide bonds. The molecule has 0 radical (unpaired) electrons. The van der Waals surface area contributed by atoms with Crippen LogP contribution >= 0.6 is 15.9 Å². The Balaban J connectivity index is 3.05. The Morgan fingerprint density at radius 1 is 1.57 bits per heavy atom. The zero-order valence-corrected chi connectivity index (χ0v) is 9.84. The number of hydrogen-bond donors (Lipinski definition) is 1. The summed E-state index contributed by atoms with van der Waals surface area (Å²) in [5.74, 6) is 0. The Morgan fingerprint density at radius 3 is 2.64 bits per heavy atom. The monoisotopic (exact) mass is 256 g/mol. The van der Waals surface area contributed by atoms with Crippen LogP contribution in [0.3, 0.4) is 0 Å². The maximum Gasteiger partial charge on any atom is 0.319 e. The second kappa shape index (κ2) is 4.46. The van der Waals surface area contributed by atoms with Crippen LogP contribution in [-0.4, -0.2) is 13.1 Å². The molecule has 14 heavy (non-hydrogen) atoms. The molecular formula is C10H13BrN2O. The number of halogens is 1. The van der Waals surface area contributed by atoms with Crippen molar-refractivity contribution >= 4 is 27.6 Å². The quantitative estimate of drug-likeness (QED) is 0.869. The first kappa shape index (κ1) is 11.0. The van der Waals surface area contributed by atoms with Crippen molar-refractivity contribution in [3.05, 3.63) is 28.2 Å². The van der Waals surface area contributed by atoms with Gasteiger partial charge < -0.3 is 5.73 Å². The van der Waals surface area contributed by atoms with Gasteiger partial charge in [-0.05, 0) is 40.0 Å². The largest absolute Gasteiger partial charge is 0.351 e. The van der Waals surface area contributed by atoms with Crippen LogP contribution < -0.4 is 10.6 Å². The number of benzene rings is 1. The van der Waals surface area contributed by atoms with Gasteiger partial charge >= 0.3 is 6.03 Å². The molecule has 0 aromatic heterocycles. The number of amides is 2. The van der Waals surface area contributed by atoms with Gasteiger partial charge in [0.25, 0.3) is 0 Å². The van der Waals surface area contributed by atoms with Crippen molar-refractivity contribution in [2.45, 2.75) is 13.3 Å². The molecule has 0 fully saturated rings. The second-order valence-electron chi connectivity index (χ2n) is 3.04. The fraction of sp³-hybridized carbons (Fsp3) is 0.300. The van der Waals surface area contributed by atoms with Gasteiger partial charge in [-0.15, -0.1) is 0 Å². The lowest BCUT2D eigenvalue weighted by atomic mass is 10.1. The van der Waals surface area contributed by atoms with Gasteiger partial charge in [0.15, 0.2) is 0 Å². The Morgan fingerprint density at radius 2 is 2.21 bits per heavy atom. The van der Waals surface area contributed by atoms with E-state index in [1.165, 1.54) is 10.5 Å². The number of nitrogens with zero attached hydrogens (tertiary/aromatic N) is 1. The van der Waals surface area contributed by atoms with E-state index >= 15 is 0 Å². The third-order valence-electron chi connectivity index (χ3n) is 2.11. The third-order valence-corrected chi connectivity index (χ3v) is 2.75. The molecule has 0 bridgehead atoms. The van der Waals surface area contributed by atoms with E-state index in [1.54, 1.807) is 7.05 Å². The Kier molecular flexibility index (Phi) is 3.52. The van der Waals surface area contributed by atoms with E-state index < -0.39 is 6.03 Å². The molecule has 0 aliphatic heterocycles. The fourth-order valence-corrected chi connectivity index (χ4v) is 1.85. The lowest BCUT2D eigenvalue weighted by Gasteiger charge is -2.16. The zero-order valence-electron chi connectivity index (χ0n) is 8.25. The topological polar surface area (TPSA) is 46.3 Å². The first-order valence-electron chi connectivity index (χ1n) is 4.37. The normalized spacial score (nSPS) is 9.93. The van der Waals surface area contributed by atoms with Gasteiger partial charge in [-0.2, -0.15) is 0 Å². The Hall–Kier alpha value is -1.03. The first-order chi connectivity index (χ1) is 6.56. The van der Waals surface area contributed by atoms with E-state index in [9.17, 15) is 4.79 Å². The minimum atomic E-state index is -0.463. The molecule has 2 N–H and O–H groups in total. The van der Waals surface area contributed by atoms with Gasteiger partial charge in [-0.3, -0.25) is 4.90 Å². The summed E-state index contributed by atoms with van der Waals surface area (Å²) in [5, 5.41) is 0. The third kappa shape index (κ3) is 2.26. The van der Waals surface area contributed by atoms with Gasteiger partial charge in [-0.25, -0.2) is 4.79 Å². The zero-order chi connectivity index (χ0) is 10.7. The second-order valence-corrected chi connectivity index (χ2v) is 3.89. The van der Waals surface area contributed by atoms with Crippen molar-refractivity contribution in [3.8, 4) is 0 Å². The van der Waals surface area contributed by atoms with Crippen LogP contribution in [0.15, 0.2) is 22.7 Å². The fourth-order valence-electron chi connectivity index (χ4n) is 1.16. The molecule has 0 unspecified atom stereocenters. The summed E-state index contributed by atoms with van der Waals surface area (Å²) in [5.41, 5.74) is 7.18. The van der Waals surface area contributed by atoms with Gasteiger partial charge in [-0.1, -0.05) is 13.0 Å². The average Bonchev–Trinajstić information content (AvgIpc) is 2.16. The van der Waals surface area contributed by atoms with E-state index in [-0.39, 0.29) is 0 Å². The minimum Gasteiger partial charge on any atom is -0.351 e. The summed E-state index contributed by atoms with van der Waals surface area (Å²) < 4.78 is 0.887. The SMILES string of the molecule is CCc1ccc(N(C)C(N)=O)c(Br)c1. The van der Waals surface area contributed by atoms with Gasteiger partial charge in [0.2, 0.25) is 0 Å². The van der Waals surface area contributed by atoms with Gasteiger partial charge in [0.05, 0.1) is 5.69 Å². The van der Waals surface area contributed by atoms with Crippen LogP contribution in [0.1, 0.15) is 12.5 Å². The van der Waals surface area contributed by atoms with Crippen LogP contribution in [0.5, 0.6) is 0 Å². The maximum atomic E-state index is 10.9. The average molecular weight is 257 g/mol. The highest BCUT2D eigenvalue weighted by molar-refractivity contribution is 9.10. The van der Waals surface area contributed by atoms with E-state index in [0.29, 0.717) is 0 Å². The molecule has 1 aromatic carbocycles. The molecular weight excluding hydrogens is 244 g/mol. The Labute approximate surface area is 92.0 Å². The highest BCUT2D eigenvalue weighted by atomic mass is 79.9. The van der Waals surface area contributed by atoms with Crippen molar-refractivity contribution < 1.29 is 4.79 Å². The number of rotatable bonds is 2. The van der Waals surface area contributed by atoms with E-state index in [0.717, 1.165) is 16.6 Å². The first-order valence-corrected chi connectivity index (χ1v) is 5.17. The van der Waals surface area contributed by atoms with E-state index in [2.05, 4.69) is 22.9 Å². The molecule has 76 valence electrons. The van der Waals surface area contributed by atoms with Crippen molar-refractivity contribution in [2.75, 3.05) is 11.9 Å². The number of urea groups is 1. The summed E-state index contributed by atoms with van der Waals surface area (Å²) >= 11 is 3.41. The summed E-state index contributed by atoms with van der Waals surface area (Å²) in [4.78, 5) is 12.3. The lowest BCUT2D eigenvalue weighted by Crippen LogP contribution is -2.31. The van der Waals surface area contributed by atoms with Crippen LogP contribution in [-0.2, 0) is 6.42 Å². The van der Waals surface area contributed by atoms with Gasteiger partial charge in [0.1, 0.15) is 0 Å². The minimum absolute atomic E-state index is 0.463. The Bertz CT molecular complexity index is 352. The molecule has 0 aliphatic carbocycles. The lowest BCUT2D eigenvalue weighted by molar-refractivity contribution is 0.255. The standard InChI is InChI=1S/C10H13BrN2O/c1-3-7-4-5-9(8(11)6-7)13(2)10(12)14/h4-6H,3H2,1-2H3,(H2,12,14). The number of carbonyl (C=O) groups is 1. The molecule has 4 heteroatoms. The predicted molar refractivity (Wildman–Crippen MR) is 61.5 cm³/mol. The molecule has 1 aromatic rings. The molecule has 3 nitrogen and oxygen atoms in total. The molecule has 0 saturated heterocycles. The molecule has 0 spiro atoms. The maximum absolute atomic E-state index is 10.9. The van der Waals surface area contributed by atoms with Crippen molar-refractivity contribution in [2.24, 2.45) is 5.73 Å². The van der Waals surface area contributed by atoms with Crippen LogP contribution in [0.2, 0.25) is 0 Å². The van der Waals surface area contributed by atoms with Crippen molar-refractivity contribution in [3.63, 3.8) is 0 Å². The smallest absolute Gasteiger partial charge is 0.319 e. The summed E-state index contributed by atoms with van der Waals surface area (Å²) in [6, 6.07) is 5.40. The predicted octanol–water partition coefficient (Wildman–Crippen LogP) is 2.53. The molecule has 0 atom stereocenters. The molecule has 0 aliphatic rings. The van der Waals surface area contributed by atoms with E-state index in [1.807, 2.05) is 18.2 Å². The number of carbonyl (C=O) groups excluding carboxylic acids is 1. The number of hydrogen-bond acceptors (Lipinski definition) is 1. The van der Waals surface area contributed by atoms with Crippen LogP contribution in [0.4, 0.5) is 10.5 Å². The molecule has 1 rings (SSSR count). The number of aryl methyl sites for hydroxylation is 1. The number of nitrogens with two attached hydrogens (primary N) is 1. The molecule has 0 heterocycles. The highest BCUT2D eigenvalue weighted by Crippen LogP contribution is 2.26. The van der Waals surface area contributed by atoms with Crippen LogP contribution in [0, 0.1) is 0 Å². The summed E-state index contributed by atoms with van der Waals surface area (Å²) in [6.45, 7) is 2.08. The molecule has 0 saturated carbocycles. The van der Waals surface area contributed by atoms with E-state index in [4.69, 9.17) is 5.73 Å². The van der Waals surface area contributed by atoms with Crippen LogP contribution in [0.25, 0.3) is 0 Å². The summed E-state index contributed by atoms with van der Waals surface area (Å²) in [6.07, 6.45) is 0.971. The van der Waals surface area contributed by atoms with Gasteiger partial charge in [0, 0.05) is 11.5 Å². The number of primary amides is 1. The highest BCUT2D eigenvalue weighted by Gasteiger charge is 2.09. The van der Waals surface area contributed by atoms with Crippen molar-refractivity contribution in [1.29, 1.82) is 0 Å². The van der Waals surface area contributed by atoms with Crippen molar-refractivity contribution in [1.82, 2.24) is 0 Å².